The van der Waals surface area contributed by atoms with Crippen molar-refractivity contribution < 1.29 is 15.0 Å². The molecule has 3 nitrogen and oxygen atoms in total. The summed E-state index contributed by atoms with van der Waals surface area (Å²) < 4.78 is 0. The van der Waals surface area contributed by atoms with E-state index in [9.17, 15) is 15.0 Å². The van der Waals surface area contributed by atoms with Gasteiger partial charge in [0.05, 0.1) is 6.10 Å². The fourth-order valence-corrected chi connectivity index (χ4v) is 8.76. The van der Waals surface area contributed by atoms with Crippen LogP contribution in [0.15, 0.2) is 0 Å². The Morgan fingerprint density at radius 2 is 1.74 bits per heavy atom. The van der Waals surface area contributed by atoms with Gasteiger partial charge in [-0.3, -0.25) is 0 Å². The van der Waals surface area contributed by atoms with Gasteiger partial charge in [0.2, 0.25) is 0 Å². The van der Waals surface area contributed by atoms with E-state index in [2.05, 4.69) is 20.8 Å². The fourth-order valence-electron chi connectivity index (χ4n) is 8.76. The summed E-state index contributed by atoms with van der Waals surface area (Å²) in [7, 11) is 0. The highest BCUT2D eigenvalue weighted by Crippen LogP contribution is 2.68. The van der Waals surface area contributed by atoms with E-state index < -0.39 is 5.97 Å². The summed E-state index contributed by atoms with van der Waals surface area (Å²) in [5, 5.41) is 21.1. The number of fused-ring (bicyclic) bond motifs is 5. The Labute approximate surface area is 165 Å². The molecule has 4 rings (SSSR count). The molecule has 0 aliphatic heterocycles. The Kier molecular flexibility index (Phi) is 5.15. The summed E-state index contributed by atoms with van der Waals surface area (Å²) in [6.45, 7) is 7.38. The van der Waals surface area contributed by atoms with Gasteiger partial charge in [-0.25, -0.2) is 0 Å². The Hall–Kier alpha value is -0.570. The van der Waals surface area contributed by atoms with Gasteiger partial charge in [0, 0.05) is 5.97 Å². The van der Waals surface area contributed by atoms with Crippen LogP contribution in [0.4, 0.5) is 0 Å². The molecule has 0 heterocycles. The van der Waals surface area contributed by atoms with Gasteiger partial charge in [-0.15, -0.1) is 0 Å². The van der Waals surface area contributed by atoms with Crippen LogP contribution in [0.25, 0.3) is 0 Å². The Morgan fingerprint density at radius 1 is 1.04 bits per heavy atom. The molecule has 4 saturated carbocycles. The van der Waals surface area contributed by atoms with Gasteiger partial charge in [0.15, 0.2) is 0 Å². The second-order valence-electron chi connectivity index (χ2n) is 11.2. The van der Waals surface area contributed by atoms with Gasteiger partial charge in [-0.2, -0.15) is 0 Å². The lowest BCUT2D eigenvalue weighted by Gasteiger charge is -2.61. The topological polar surface area (TPSA) is 60.4 Å². The van der Waals surface area contributed by atoms with Crippen molar-refractivity contribution in [2.24, 2.45) is 46.3 Å². The van der Waals surface area contributed by atoms with Crippen LogP contribution in [-0.2, 0) is 4.79 Å². The summed E-state index contributed by atoms with van der Waals surface area (Å²) in [6.07, 6.45) is 12.2. The first-order chi connectivity index (χ1) is 12.8. The lowest BCUT2D eigenvalue weighted by molar-refractivity contribution is -0.306. The van der Waals surface area contributed by atoms with Crippen molar-refractivity contribution in [3.63, 3.8) is 0 Å². The molecular weight excluding hydrogens is 336 g/mol. The number of aliphatic hydroxyl groups is 1. The summed E-state index contributed by atoms with van der Waals surface area (Å²) in [5.74, 6) is 3.55. The molecular formula is C24H39O3-. The van der Waals surface area contributed by atoms with Crippen molar-refractivity contribution in [2.45, 2.75) is 97.5 Å². The van der Waals surface area contributed by atoms with Crippen molar-refractivity contribution in [1.29, 1.82) is 0 Å². The molecule has 0 saturated heterocycles. The molecule has 1 N–H and O–H groups in total. The Morgan fingerprint density at radius 3 is 2.48 bits per heavy atom. The quantitative estimate of drug-likeness (QED) is 0.802. The second kappa shape index (κ2) is 7.04. The van der Waals surface area contributed by atoms with Gasteiger partial charge in [0.1, 0.15) is 0 Å². The third kappa shape index (κ3) is 3.16. The minimum atomic E-state index is -0.893. The molecule has 0 unspecified atom stereocenters. The summed E-state index contributed by atoms with van der Waals surface area (Å²) >= 11 is 0. The molecule has 4 aliphatic carbocycles. The largest absolute Gasteiger partial charge is 0.550 e. The van der Waals surface area contributed by atoms with Crippen LogP contribution in [-0.4, -0.2) is 17.2 Å². The molecule has 154 valence electrons. The van der Waals surface area contributed by atoms with E-state index in [-0.39, 0.29) is 12.5 Å². The smallest absolute Gasteiger partial charge is 0.0543 e. The number of rotatable bonds is 4. The molecule has 0 amide bonds. The van der Waals surface area contributed by atoms with Crippen molar-refractivity contribution >= 4 is 5.97 Å². The van der Waals surface area contributed by atoms with E-state index in [1.807, 2.05) is 0 Å². The van der Waals surface area contributed by atoms with E-state index in [0.29, 0.717) is 22.7 Å². The number of aliphatic hydroxyl groups excluding tert-OH is 1. The van der Waals surface area contributed by atoms with E-state index in [0.717, 1.165) is 42.9 Å². The Bertz CT molecular complexity index is 574. The molecule has 0 radical (unpaired) electrons. The lowest BCUT2D eigenvalue weighted by atomic mass is 9.44. The molecule has 0 aromatic rings. The summed E-state index contributed by atoms with van der Waals surface area (Å²) in [4.78, 5) is 10.9. The van der Waals surface area contributed by atoms with Gasteiger partial charge in [-0.1, -0.05) is 20.8 Å². The maximum Gasteiger partial charge on any atom is 0.0543 e. The van der Waals surface area contributed by atoms with Gasteiger partial charge >= 0.3 is 0 Å². The maximum atomic E-state index is 10.9. The molecule has 27 heavy (non-hydrogen) atoms. The lowest BCUT2D eigenvalue weighted by Crippen LogP contribution is -2.54. The number of hydrogen-bond donors (Lipinski definition) is 1. The highest BCUT2D eigenvalue weighted by Gasteiger charge is 2.60. The molecule has 3 heteroatoms. The maximum absolute atomic E-state index is 10.9. The molecule has 0 spiro atoms. The van der Waals surface area contributed by atoms with Crippen LogP contribution in [0.3, 0.4) is 0 Å². The van der Waals surface area contributed by atoms with Crippen molar-refractivity contribution in [3.8, 4) is 0 Å². The van der Waals surface area contributed by atoms with Crippen LogP contribution in [0.5, 0.6) is 0 Å². The van der Waals surface area contributed by atoms with Crippen molar-refractivity contribution in [3.05, 3.63) is 0 Å². The minimum absolute atomic E-state index is 0.0612. The fraction of sp³-hybridized carbons (Fsp3) is 0.958. The zero-order chi connectivity index (χ0) is 19.4. The standard InChI is InChI=1S/C24H40O3/c1-15(4-9-22(26)27)19-7-8-20-18-6-5-16-14-17(25)10-12-23(16,2)21(18)11-13-24(19,20)3/h15-21,25H,4-14H2,1-3H3,(H,26,27)/p-1/t15-,16+,17-,18+,19-,20-,21+,23+,24-/m1/s1. The van der Waals surface area contributed by atoms with Crippen LogP contribution < -0.4 is 5.11 Å². The predicted molar refractivity (Wildman–Crippen MR) is 105 cm³/mol. The normalized spacial score (nSPS) is 50.4. The number of carbonyl (C=O) groups excluding carboxylic acids is 1. The third-order valence-electron chi connectivity index (χ3n) is 10.2. The van der Waals surface area contributed by atoms with Crippen LogP contribution in [0.2, 0.25) is 0 Å². The van der Waals surface area contributed by atoms with Crippen molar-refractivity contribution in [2.75, 3.05) is 0 Å². The highest BCUT2D eigenvalue weighted by atomic mass is 16.4. The third-order valence-corrected chi connectivity index (χ3v) is 10.2. The minimum Gasteiger partial charge on any atom is -0.550 e. The monoisotopic (exact) mass is 375 g/mol. The van der Waals surface area contributed by atoms with Crippen LogP contribution in [0.1, 0.15) is 91.4 Å². The second-order valence-corrected chi connectivity index (χ2v) is 11.2. The first-order valence-corrected chi connectivity index (χ1v) is 11.6. The summed E-state index contributed by atoms with van der Waals surface area (Å²) in [5.41, 5.74) is 0.853. The Balaban J connectivity index is 1.51. The predicted octanol–water partition coefficient (Wildman–Crippen LogP) is 4.17. The van der Waals surface area contributed by atoms with Crippen LogP contribution >= 0.6 is 0 Å². The SMILES string of the molecule is C[C@H](CCC(=O)[O-])[C@H]1CC[C@@H]2[C@@H]3CC[C@H]4C[C@H](O)CC[C@]4(C)[C@H]3CC[C@@]21C. The average Bonchev–Trinajstić information content (AvgIpc) is 2.97. The molecule has 4 fully saturated rings. The number of carbonyl (C=O) groups is 1. The van der Waals surface area contributed by atoms with E-state index in [4.69, 9.17) is 0 Å². The van der Waals surface area contributed by atoms with E-state index in [1.165, 1.54) is 44.9 Å². The number of carboxylic acid groups (broad SMARTS) is 1. The number of aliphatic carboxylic acids is 1. The van der Waals surface area contributed by atoms with Gasteiger partial charge in [0.25, 0.3) is 0 Å². The molecule has 0 bridgehead atoms. The zero-order valence-corrected chi connectivity index (χ0v) is 17.6. The first-order valence-electron chi connectivity index (χ1n) is 11.6. The first kappa shape index (κ1) is 19.7. The molecule has 9 atom stereocenters. The van der Waals surface area contributed by atoms with Gasteiger partial charge < -0.3 is 15.0 Å². The highest BCUT2D eigenvalue weighted by molar-refractivity contribution is 5.64. The number of carboxylic acids is 1. The van der Waals surface area contributed by atoms with E-state index in [1.54, 1.807) is 0 Å². The van der Waals surface area contributed by atoms with E-state index >= 15 is 0 Å². The zero-order valence-electron chi connectivity index (χ0n) is 17.6. The summed E-state index contributed by atoms with van der Waals surface area (Å²) in [6, 6.07) is 0. The van der Waals surface area contributed by atoms with Crippen molar-refractivity contribution in [1.82, 2.24) is 0 Å². The molecule has 0 aromatic carbocycles. The van der Waals surface area contributed by atoms with Crippen LogP contribution in [0, 0.1) is 46.3 Å². The number of hydrogen-bond acceptors (Lipinski definition) is 3. The molecule has 0 aromatic heterocycles. The van der Waals surface area contributed by atoms with Gasteiger partial charge in [-0.05, 0) is 117 Å². The molecule has 4 aliphatic rings. The average molecular weight is 376 g/mol.